The summed E-state index contributed by atoms with van der Waals surface area (Å²) in [7, 11) is 0. The molecule has 1 saturated heterocycles. The summed E-state index contributed by atoms with van der Waals surface area (Å²) in [6.45, 7) is 4.33. The molecule has 1 aromatic heterocycles. The first-order chi connectivity index (χ1) is 16.0. The van der Waals surface area contributed by atoms with Crippen molar-refractivity contribution in [1.82, 2.24) is 9.88 Å². The predicted molar refractivity (Wildman–Crippen MR) is 133 cm³/mol. The number of ether oxygens (including phenoxy) is 1. The van der Waals surface area contributed by atoms with Crippen LogP contribution in [-0.2, 0) is 9.53 Å². The monoisotopic (exact) mass is 484 g/mol. The van der Waals surface area contributed by atoms with Crippen LogP contribution in [0.5, 0.6) is 0 Å². The van der Waals surface area contributed by atoms with E-state index in [0.29, 0.717) is 24.9 Å². The number of anilines is 1. The topological polar surface area (TPSA) is 88.8 Å². The molecule has 172 valence electrons. The van der Waals surface area contributed by atoms with Crippen LogP contribution in [0.1, 0.15) is 5.56 Å². The first-order valence-electron chi connectivity index (χ1n) is 10.5. The number of benzene rings is 2. The number of nitrogens with zero attached hydrogens (tertiary/aromatic N) is 4. The maximum absolute atomic E-state index is 13.2. The number of fused-ring (bicyclic) bond motifs is 1. The van der Waals surface area contributed by atoms with Gasteiger partial charge in [-0.15, -0.1) is 11.8 Å². The lowest BCUT2D eigenvalue weighted by atomic mass is 10.2. The zero-order chi connectivity index (χ0) is 23.2. The number of para-hydroxylation sites is 1. The second kappa shape index (κ2) is 10.9. The first-order valence-corrected chi connectivity index (χ1v) is 12.6. The molecule has 1 amide bonds. The summed E-state index contributed by atoms with van der Waals surface area (Å²) in [5, 5.41) is 11.5. The van der Waals surface area contributed by atoms with Crippen LogP contribution in [0.3, 0.4) is 0 Å². The Kier molecular flexibility index (Phi) is 7.71. The van der Waals surface area contributed by atoms with Crippen LogP contribution >= 0.6 is 23.1 Å². The van der Waals surface area contributed by atoms with Gasteiger partial charge in [-0.2, -0.15) is 0 Å². The fourth-order valence-corrected chi connectivity index (χ4v) is 5.17. The Hall–Kier alpha value is -2.79. The van der Waals surface area contributed by atoms with Crippen LogP contribution in [0.15, 0.2) is 53.4 Å². The lowest BCUT2D eigenvalue weighted by molar-refractivity contribution is -0.384. The van der Waals surface area contributed by atoms with E-state index in [1.54, 1.807) is 34.9 Å². The quantitative estimate of drug-likeness (QED) is 0.204. The molecule has 0 aliphatic carbocycles. The van der Waals surface area contributed by atoms with Crippen molar-refractivity contribution in [2.45, 2.75) is 4.90 Å². The van der Waals surface area contributed by atoms with Crippen molar-refractivity contribution < 1.29 is 14.5 Å². The van der Waals surface area contributed by atoms with Gasteiger partial charge in [0.1, 0.15) is 0 Å². The SMILES string of the molecule is CSc1cccc2sc(N(CCN3CCOCC3)C(=O)/C=C/c3ccc([N+](=O)[O-])cc3)nc12. The van der Waals surface area contributed by atoms with E-state index in [4.69, 9.17) is 9.72 Å². The summed E-state index contributed by atoms with van der Waals surface area (Å²) in [4.78, 5) is 33.5. The highest BCUT2D eigenvalue weighted by Crippen LogP contribution is 2.34. The van der Waals surface area contributed by atoms with Gasteiger partial charge in [0.25, 0.3) is 11.6 Å². The van der Waals surface area contributed by atoms with Crippen LogP contribution in [0.25, 0.3) is 16.3 Å². The van der Waals surface area contributed by atoms with Crippen molar-refractivity contribution >= 4 is 56.1 Å². The van der Waals surface area contributed by atoms with Crippen molar-refractivity contribution in [3.63, 3.8) is 0 Å². The smallest absolute Gasteiger partial charge is 0.269 e. The third-order valence-electron chi connectivity index (χ3n) is 5.35. The van der Waals surface area contributed by atoms with Crippen molar-refractivity contribution in [3.05, 3.63) is 64.2 Å². The predicted octanol–water partition coefficient (Wildman–Crippen LogP) is 4.31. The molecule has 0 bridgehead atoms. The number of hydrogen-bond donors (Lipinski definition) is 0. The second-order valence-electron chi connectivity index (χ2n) is 7.43. The van der Waals surface area contributed by atoms with Gasteiger partial charge in [-0.05, 0) is 42.2 Å². The Morgan fingerprint density at radius 1 is 1.27 bits per heavy atom. The van der Waals surface area contributed by atoms with E-state index < -0.39 is 4.92 Å². The van der Waals surface area contributed by atoms with Crippen molar-refractivity contribution in [2.24, 2.45) is 0 Å². The molecule has 0 N–H and O–H groups in total. The number of nitro benzene ring substituents is 1. The van der Waals surface area contributed by atoms with Gasteiger partial charge < -0.3 is 4.74 Å². The second-order valence-corrected chi connectivity index (χ2v) is 9.29. The molecular formula is C23H24N4O4S2. The lowest BCUT2D eigenvalue weighted by Crippen LogP contribution is -2.42. The van der Waals surface area contributed by atoms with Gasteiger partial charge >= 0.3 is 0 Å². The molecular weight excluding hydrogens is 460 g/mol. The number of rotatable bonds is 8. The Labute approximate surface area is 200 Å². The molecule has 1 aliphatic rings. The molecule has 10 heteroatoms. The molecule has 33 heavy (non-hydrogen) atoms. The highest BCUT2D eigenvalue weighted by atomic mass is 32.2. The number of thioether (sulfide) groups is 1. The highest BCUT2D eigenvalue weighted by Gasteiger charge is 2.21. The zero-order valence-corrected chi connectivity index (χ0v) is 19.8. The first kappa shape index (κ1) is 23.4. The normalized spacial score (nSPS) is 14.7. The average Bonchev–Trinajstić information content (AvgIpc) is 3.28. The number of carbonyl (C=O) groups is 1. The number of non-ortho nitro benzene ring substituents is 1. The number of carbonyl (C=O) groups excluding carboxylic acids is 1. The van der Waals surface area contributed by atoms with Gasteiger partial charge in [-0.3, -0.25) is 24.7 Å². The highest BCUT2D eigenvalue weighted by molar-refractivity contribution is 7.98. The average molecular weight is 485 g/mol. The number of amides is 1. The Bertz CT molecular complexity index is 1160. The molecule has 2 heterocycles. The van der Waals surface area contributed by atoms with Gasteiger partial charge in [0.15, 0.2) is 5.13 Å². The molecule has 2 aromatic carbocycles. The largest absolute Gasteiger partial charge is 0.379 e. The van der Waals surface area contributed by atoms with E-state index in [0.717, 1.165) is 40.3 Å². The van der Waals surface area contributed by atoms with Crippen molar-refractivity contribution in [1.29, 1.82) is 0 Å². The van der Waals surface area contributed by atoms with Gasteiger partial charge in [0.2, 0.25) is 0 Å². The molecule has 0 unspecified atom stereocenters. The summed E-state index contributed by atoms with van der Waals surface area (Å²) >= 11 is 3.14. The molecule has 4 rings (SSSR count). The summed E-state index contributed by atoms with van der Waals surface area (Å²) in [6, 6.07) is 12.2. The molecule has 3 aromatic rings. The van der Waals surface area contributed by atoms with Crippen LogP contribution in [0, 0.1) is 10.1 Å². The van der Waals surface area contributed by atoms with Crippen LogP contribution in [-0.4, -0.2) is 66.4 Å². The maximum Gasteiger partial charge on any atom is 0.269 e. The van der Waals surface area contributed by atoms with Crippen LogP contribution in [0.2, 0.25) is 0 Å². The van der Waals surface area contributed by atoms with E-state index in [9.17, 15) is 14.9 Å². The van der Waals surface area contributed by atoms with Gasteiger partial charge in [-0.1, -0.05) is 17.4 Å². The minimum Gasteiger partial charge on any atom is -0.379 e. The van der Waals surface area contributed by atoms with Crippen molar-refractivity contribution in [3.8, 4) is 0 Å². The maximum atomic E-state index is 13.2. The lowest BCUT2D eigenvalue weighted by Gasteiger charge is -2.28. The molecule has 1 aliphatic heterocycles. The van der Waals surface area contributed by atoms with Gasteiger partial charge in [-0.25, -0.2) is 4.98 Å². The number of morpholine rings is 1. The summed E-state index contributed by atoms with van der Waals surface area (Å²) < 4.78 is 6.47. The summed E-state index contributed by atoms with van der Waals surface area (Å²) in [5.74, 6) is -0.175. The molecule has 0 atom stereocenters. The molecule has 1 fully saturated rings. The molecule has 0 saturated carbocycles. The van der Waals surface area contributed by atoms with E-state index in [1.165, 1.54) is 29.5 Å². The third kappa shape index (κ3) is 5.77. The molecule has 0 spiro atoms. The van der Waals surface area contributed by atoms with Gasteiger partial charge in [0.05, 0.1) is 28.4 Å². The Balaban J connectivity index is 1.57. The number of aromatic nitrogens is 1. The summed E-state index contributed by atoms with van der Waals surface area (Å²) in [6.07, 6.45) is 5.19. The van der Waals surface area contributed by atoms with Crippen molar-refractivity contribution in [2.75, 3.05) is 50.5 Å². The molecule has 8 nitrogen and oxygen atoms in total. The van der Waals surface area contributed by atoms with E-state index in [1.807, 2.05) is 24.5 Å². The minimum atomic E-state index is -0.442. The number of hydrogen-bond acceptors (Lipinski definition) is 8. The van der Waals surface area contributed by atoms with Crippen LogP contribution < -0.4 is 4.90 Å². The fraction of sp³-hybridized carbons (Fsp3) is 0.304. The van der Waals surface area contributed by atoms with E-state index in [-0.39, 0.29) is 11.6 Å². The van der Waals surface area contributed by atoms with E-state index >= 15 is 0 Å². The Morgan fingerprint density at radius 2 is 2.03 bits per heavy atom. The van der Waals surface area contributed by atoms with Gasteiger partial charge in [0, 0.05) is 49.3 Å². The third-order valence-corrected chi connectivity index (χ3v) is 7.17. The van der Waals surface area contributed by atoms with Crippen LogP contribution in [0.4, 0.5) is 10.8 Å². The standard InChI is InChI=1S/C23H24N4O4S2/c1-32-19-3-2-4-20-22(19)24-23(33-20)26(12-11-25-13-15-31-16-14-25)21(28)10-7-17-5-8-18(9-6-17)27(29)30/h2-10H,11-16H2,1H3/b10-7+. The number of nitro groups is 1. The molecule has 0 radical (unpaired) electrons. The Morgan fingerprint density at radius 3 is 2.73 bits per heavy atom. The number of thiazole rings is 1. The fourth-order valence-electron chi connectivity index (χ4n) is 3.52. The zero-order valence-electron chi connectivity index (χ0n) is 18.2. The summed E-state index contributed by atoms with van der Waals surface area (Å²) in [5.41, 5.74) is 1.65. The van der Waals surface area contributed by atoms with E-state index in [2.05, 4.69) is 4.90 Å². The minimum absolute atomic E-state index is 0.0182.